The molecule has 1 N–H and O–H groups in total. The molecule has 3 aromatic carbocycles. The fourth-order valence-electron chi connectivity index (χ4n) is 3.99. The van der Waals surface area contributed by atoms with Crippen LogP contribution in [0.15, 0.2) is 83.8 Å². The minimum absolute atomic E-state index is 0.0534. The van der Waals surface area contributed by atoms with Gasteiger partial charge in [0.15, 0.2) is 0 Å². The number of anilines is 1. The quantitative estimate of drug-likeness (QED) is 0.626. The van der Waals surface area contributed by atoms with Crippen molar-refractivity contribution in [1.29, 1.82) is 0 Å². The Morgan fingerprint density at radius 1 is 0.871 bits per heavy atom. The van der Waals surface area contributed by atoms with E-state index in [9.17, 15) is 13.2 Å². The third kappa shape index (κ3) is 4.80. The number of hydrogen-bond acceptors (Lipinski definition) is 3. The van der Waals surface area contributed by atoms with E-state index in [0.29, 0.717) is 30.3 Å². The largest absolute Gasteiger partial charge is 0.339 e. The van der Waals surface area contributed by atoms with Gasteiger partial charge in [0.25, 0.3) is 15.9 Å². The van der Waals surface area contributed by atoms with E-state index in [1.54, 1.807) is 24.3 Å². The molecule has 0 spiro atoms. The Balaban J connectivity index is 1.41. The summed E-state index contributed by atoms with van der Waals surface area (Å²) in [6.45, 7) is 3.25. The number of carbonyl (C=O) groups is 1. The van der Waals surface area contributed by atoms with Gasteiger partial charge < -0.3 is 4.90 Å². The Kier molecular flexibility index (Phi) is 6.09. The van der Waals surface area contributed by atoms with Gasteiger partial charge in [-0.1, -0.05) is 48.5 Å². The molecule has 1 fully saturated rings. The Bertz CT molecular complexity index is 1150. The third-order valence-electron chi connectivity index (χ3n) is 5.85. The molecule has 160 valence electrons. The highest BCUT2D eigenvalue weighted by molar-refractivity contribution is 7.92. The monoisotopic (exact) mass is 434 g/mol. The van der Waals surface area contributed by atoms with Crippen molar-refractivity contribution >= 4 is 21.6 Å². The zero-order chi connectivity index (χ0) is 21.8. The average molecular weight is 435 g/mol. The number of para-hydroxylation sites is 1. The highest BCUT2D eigenvalue weighted by atomic mass is 32.2. The van der Waals surface area contributed by atoms with Gasteiger partial charge in [0, 0.05) is 18.7 Å². The molecule has 0 radical (unpaired) electrons. The summed E-state index contributed by atoms with van der Waals surface area (Å²) in [5, 5.41) is 0. The normalized spacial score (nSPS) is 14.9. The van der Waals surface area contributed by atoms with Crippen molar-refractivity contribution in [3.63, 3.8) is 0 Å². The van der Waals surface area contributed by atoms with Crippen molar-refractivity contribution in [2.75, 3.05) is 17.8 Å². The number of hydrogen-bond donors (Lipinski definition) is 1. The van der Waals surface area contributed by atoms with Crippen molar-refractivity contribution in [2.24, 2.45) is 0 Å². The molecule has 1 aliphatic rings. The Labute approximate surface area is 183 Å². The lowest BCUT2D eigenvalue weighted by Crippen LogP contribution is -2.37. The second-order valence-electron chi connectivity index (χ2n) is 7.92. The molecule has 4 rings (SSSR count). The van der Waals surface area contributed by atoms with Crippen LogP contribution in [-0.2, 0) is 10.0 Å². The number of carbonyl (C=O) groups excluding carboxylic acids is 1. The number of rotatable bonds is 5. The Hall–Kier alpha value is -3.12. The summed E-state index contributed by atoms with van der Waals surface area (Å²) in [5.74, 6) is 0.424. The number of amides is 1. The predicted molar refractivity (Wildman–Crippen MR) is 123 cm³/mol. The van der Waals surface area contributed by atoms with Crippen LogP contribution in [0.25, 0.3) is 0 Å². The van der Waals surface area contributed by atoms with Crippen molar-refractivity contribution in [3.8, 4) is 0 Å². The molecule has 1 saturated heterocycles. The molecule has 0 saturated carbocycles. The Morgan fingerprint density at radius 3 is 2.13 bits per heavy atom. The van der Waals surface area contributed by atoms with Crippen molar-refractivity contribution in [1.82, 2.24) is 4.90 Å². The number of nitrogens with one attached hydrogen (secondary N) is 1. The van der Waals surface area contributed by atoms with Crippen LogP contribution in [-0.4, -0.2) is 32.3 Å². The van der Waals surface area contributed by atoms with Crippen LogP contribution in [0.1, 0.15) is 40.2 Å². The van der Waals surface area contributed by atoms with Crippen LogP contribution in [0.4, 0.5) is 5.69 Å². The maximum atomic E-state index is 12.9. The van der Waals surface area contributed by atoms with Gasteiger partial charge in [-0.05, 0) is 67.1 Å². The van der Waals surface area contributed by atoms with E-state index in [0.717, 1.165) is 18.4 Å². The first kappa shape index (κ1) is 21.1. The summed E-state index contributed by atoms with van der Waals surface area (Å²) < 4.78 is 28.0. The second-order valence-corrected chi connectivity index (χ2v) is 9.60. The fourth-order valence-corrected chi connectivity index (χ4v) is 5.12. The van der Waals surface area contributed by atoms with Crippen LogP contribution in [0.3, 0.4) is 0 Å². The second kappa shape index (κ2) is 8.94. The number of nitrogens with zero attached hydrogens (tertiary/aromatic N) is 1. The lowest BCUT2D eigenvalue weighted by Gasteiger charge is -2.32. The van der Waals surface area contributed by atoms with Gasteiger partial charge in [0.1, 0.15) is 0 Å². The molecule has 31 heavy (non-hydrogen) atoms. The molecule has 5 nitrogen and oxygen atoms in total. The molecule has 6 heteroatoms. The first-order chi connectivity index (χ1) is 14.9. The molecule has 0 aliphatic carbocycles. The van der Waals surface area contributed by atoms with E-state index < -0.39 is 10.0 Å². The fraction of sp³-hybridized carbons (Fsp3) is 0.240. The zero-order valence-corrected chi connectivity index (χ0v) is 18.3. The average Bonchev–Trinajstić information content (AvgIpc) is 2.81. The van der Waals surface area contributed by atoms with Crippen LogP contribution in [0.2, 0.25) is 0 Å². The van der Waals surface area contributed by atoms with Gasteiger partial charge in [0.05, 0.1) is 10.6 Å². The molecule has 0 aromatic heterocycles. The highest BCUT2D eigenvalue weighted by Gasteiger charge is 2.25. The van der Waals surface area contributed by atoms with Crippen molar-refractivity contribution in [2.45, 2.75) is 30.6 Å². The van der Waals surface area contributed by atoms with Gasteiger partial charge in [0.2, 0.25) is 0 Å². The smallest absolute Gasteiger partial charge is 0.261 e. The lowest BCUT2D eigenvalue weighted by atomic mass is 9.89. The maximum absolute atomic E-state index is 12.9. The highest BCUT2D eigenvalue weighted by Crippen LogP contribution is 2.28. The number of likely N-dealkylation sites (tertiary alicyclic amines) is 1. The minimum atomic E-state index is -3.72. The Morgan fingerprint density at radius 2 is 1.48 bits per heavy atom. The molecule has 1 aliphatic heterocycles. The van der Waals surface area contributed by atoms with Crippen LogP contribution in [0, 0.1) is 6.92 Å². The number of aryl methyl sites for hydroxylation is 1. The molecule has 0 bridgehead atoms. The number of piperidine rings is 1. The standard InChI is InChI=1S/C25H26N2O3S/c1-19-7-5-6-10-24(19)26-31(29,30)23-13-11-22(12-14-23)25(28)27-17-15-21(16-18-27)20-8-3-2-4-9-20/h2-14,21,26H,15-18H2,1H3. The van der Waals surface area contributed by atoms with E-state index in [-0.39, 0.29) is 10.8 Å². The van der Waals surface area contributed by atoms with E-state index in [1.807, 2.05) is 30.0 Å². The number of sulfonamides is 1. The topological polar surface area (TPSA) is 66.5 Å². The van der Waals surface area contributed by atoms with Crippen LogP contribution < -0.4 is 4.72 Å². The summed E-state index contributed by atoms with van der Waals surface area (Å²) in [4.78, 5) is 14.9. The van der Waals surface area contributed by atoms with Gasteiger partial charge in [-0.3, -0.25) is 9.52 Å². The molecular weight excluding hydrogens is 408 g/mol. The maximum Gasteiger partial charge on any atom is 0.261 e. The van der Waals surface area contributed by atoms with Gasteiger partial charge in [-0.15, -0.1) is 0 Å². The number of benzene rings is 3. The van der Waals surface area contributed by atoms with E-state index in [2.05, 4.69) is 29.0 Å². The van der Waals surface area contributed by atoms with Crippen LogP contribution in [0.5, 0.6) is 0 Å². The molecule has 1 amide bonds. The summed E-state index contributed by atoms with van der Waals surface area (Å²) in [5.41, 5.74) is 3.22. The summed E-state index contributed by atoms with van der Waals surface area (Å²) >= 11 is 0. The molecule has 0 atom stereocenters. The third-order valence-corrected chi connectivity index (χ3v) is 7.24. The van der Waals surface area contributed by atoms with Gasteiger partial charge in [-0.2, -0.15) is 0 Å². The molecule has 3 aromatic rings. The first-order valence-corrected chi connectivity index (χ1v) is 11.9. The molecular formula is C25H26N2O3S. The minimum Gasteiger partial charge on any atom is -0.339 e. The van der Waals surface area contributed by atoms with Crippen molar-refractivity contribution < 1.29 is 13.2 Å². The zero-order valence-electron chi connectivity index (χ0n) is 17.5. The predicted octanol–water partition coefficient (Wildman–Crippen LogP) is 4.82. The van der Waals surface area contributed by atoms with Gasteiger partial charge in [-0.25, -0.2) is 8.42 Å². The summed E-state index contributed by atoms with van der Waals surface area (Å²) in [7, 11) is -3.72. The summed E-state index contributed by atoms with van der Waals surface area (Å²) in [6, 6.07) is 23.8. The van der Waals surface area contributed by atoms with Crippen molar-refractivity contribution in [3.05, 3.63) is 95.6 Å². The summed E-state index contributed by atoms with van der Waals surface area (Å²) in [6.07, 6.45) is 1.87. The first-order valence-electron chi connectivity index (χ1n) is 10.5. The van der Waals surface area contributed by atoms with E-state index in [4.69, 9.17) is 0 Å². The SMILES string of the molecule is Cc1ccccc1NS(=O)(=O)c1ccc(C(=O)N2CCC(c3ccccc3)CC2)cc1. The lowest BCUT2D eigenvalue weighted by molar-refractivity contribution is 0.0713. The molecule has 1 heterocycles. The van der Waals surface area contributed by atoms with E-state index >= 15 is 0 Å². The van der Waals surface area contributed by atoms with Crippen LogP contribution >= 0.6 is 0 Å². The van der Waals surface area contributed by atoms with E-state index in [1.165, 1.54) is 17.7 Å². The van der Waals surface area contributed by atoms with Gasteiger partial charge >= 0.3 is 0 Å². The molecule has 0 unspecified atom stereocenters.